The molecule has 0 spiro atoms. The summed E-state index contributed by atoms with van der Waals surface area (Å²) in [5, 5.41) is 12.9. The molecule has 2 aromatic carbocycles. The number of rotatable bonds is 8. The van der Waals surface area contributed by atoms with E-state index in [1.807, 2.05) is 31.2 Å². The number of carbonyl (C=O) groups is 1. The van der Waals surface area contributed by atoms with E-state index in [0.717, 1.165) is 9.54 Å². The third-order valence-corrected chi connectivity index (χ3v) is 13.0. The molecule has 1 saturated heterocycles. The number of aliphatic hydroxyl groups is 1. The zero-order valence-corrected chi connectivity index (χ0v) is 28.1. The lowest BCUT2D eigenvalue weighted by Gasteiger charge is -2.23. The third-order valence-electron chi connectivity index (χ3n) is 8.97. The molecule has 12 nitrogen and oxygen atoms in total. The van der Waals surface area contributed by atoms with Gasteiger partial charge in [-0.1, -0.05) is 42.0 Å². The second-order valence-electron chi connectivity index (χ2n) is 13.0. The smallest absolute Gasteiger partial charge is 0.269 e. The first-order valence-electron chi connectivity index (χ1n) is 15.5. The summed E-state index contributed by atoms with van der Waals surface area (Å²) in [4.78, 5) is 21.9. The van der Waals surface area contributed by atoms with E-state index in [-0.39, 0.29) is 29.4 Å². The van der Waals surface area contributed by atoms with Crippen molar-refractivity contribution in [2.75, 3.05) is 6.54 Å². The Morgan fingerprint density at radius 1 is 0.979 bits per heavy atom. The van der Waals surface area contributed by atoms with Crippen molar-refractivity contribution in [2.24, 2.45) is 0 Å². The Hall–Kier alpha value is -4.11. The number of nitrogens with one attached hydrogen (secondary N) is 1. The number of aromatic nitrogens is 4. The number of aryl methyl sites for hydroxylation is 1. The summed E-state index contributed by atoms with van der Waals surface area (Å²) in [7, 11) is -7.72. The summed E-state index contributed by atoms with van der Waals surface area (Å²) in [6, 6.07) is 14.3. The molecule has 4 heterocycles. The van der Waals surface area contributed by atoms with Crippen molar-refractivity contribution in [1.82, 2.24) is 28.0 Å². The molecule has 1 amide bonds. The lowest BCUT2D eigenvalue weighted by molar-refractivity contribution is -0.119. The molecule has 0 unspecified atom stereocenters. The number of imidazole rings is 1. The molecule has 47 heavy (non-hydrogen) atoms. The van der Waals surface area contributed by atoms with Gasteiger partial charge in [-0.15, -0.1) is 0 Å². The topological polar surface area (TPSA) is 156 Å². The lowest BCUT2D eigenvalue weighted by atomic mass is 9.97. The average molecular weight is 677 g/mol. The average Bonchev–Trinajstić information content (AvgIpc) is 3.48. The van der Waals surface area contributed by atoms with Gasteiger partial charge in [-0.2, -0.15) is 4.31 Å². The van der Waals surface area contributed by atoms with Crippen LogP contribution in [-0.2, 0) is 30.4 Å². The monoisotopic (exact) mass is 676 g/mol. The van der Waals surface area contributed by atoms with Crippen LogP contribution in [0.15, 0.2) is 71.9 Å². The second kappa shape index (κ2) is 11.0. The van der Waals surface area contributed by atoms with Crippen molar-refractivity contribution < 1.29 is 26.7 Å². The molecular formula is C33H36N6O6S2. The highest BCUT2D eigenvalue weighted by Gasteiger charge is 2.49. The molecule has 1 aliphatic heterocycles. The Morgan fingerprint density at radius 3 is 2.28 bits per heavy atom. The minimum absolute atomic E-state index is 0.102. The van der Waals surface area contributed by atoms with Crippen molar-refractivity contribution in [1.29, 1.82) is 0 Å². The predicted molar refractivity (Wildman–Crippen MR) is 177 cm³/mol. The van der Waals surface area contributed by atoms with Crippen LogP contribution >= 0.6 is 0 Å². The first-order chi connectivity index (χ1) is 22.2. The molecule has 0 radical (unpaired) electrons. The normalized spacial score (nSPS) is 19.5. The van der Waals surface area contributed by atoms with Gasteiger partial charge in [0.05, 0.1) is 44.7 Å². The Morgan fingerprint density at radius 2 is 1.66 bits per heavy atom. The lowest BCUT2D eigenvalue weighted by Crippen LogP contribution is -2.39. The van der Waals surface area contributed by atoms with E-state index in [0.29, 0.717) is 46.5 Å². The highest BCUT2D eigenvalue weighted by Crippen LogP contribution is 2.42. The van der Waals surface area contributed by atoms with Gasteiger partial charge in [0.15, 0.2) is 5.65 Å². The largest absolute Gasteiger partial charge is 0.386 e. The van der Waals surface area contributed by atoms with Crippen molar-refractivity contribution in [3.8, 4) is 11.3 Å². The SMILES string of the molecule is CC(=O)N[C@H]1C[C@H](c2nc(-c3ccc(C(C)(C)O)cc3)c3cnc4c(ccn4S(=O)(=O)c4ccc(C)cc4)n23)N(S(=O)(=O)C2CC2)C1. The van der Waals surface area contributed by atoms with E-state index >= 15 is 0 Å². The van der Waals surface area contributed by atoms with Crippen LogP contribution < -0.4 is 5.32 Å². The molecule has 7 rings (SSSR count). The molecule has 1 saturated carbocycles. The van der Waals surface area contributed by atoms with Gasteiger partial charge in [0, 0.05) is 31.3 Å². The van der Waals surface area contributed by atoms with E-state index in [1.54, 1.807) is 54.8 Å². The first kappa shape index (κ1) is 31.5. The number of sulfonamides is 1. The number of nitrogens with zero attached hydrogens (tertiary/aromatic N) is 5. The van der Waals surface area contributed by atoms with Crippen LogP contribution in [0.2, 0.25) is 0 Å². The highest BCUT2D eigenvalue weighted by atomic mass is 32.2. The summed E-state index contributed by atoms with van der Waals surface area (Å²) < 4.78 is 59.5. The molecule has 246 valence electrons. The molecule has 2 fully saturated rings. The van der Waals surface area contributed by atoms with Crippen molar-refractivity contribution in [2.45, 2.75) is 74.8 Å². The fraction of sp³-hybridized carbons (Fsp3) is 0.364. The number of fused-ring (bicyclic) bond motifs is 3. The predicted octanol–water partition coefficient (Wildman–Crippen LogP) is 3.87. The van der Waals surface area contributed by atoms with E-state index in [4.69, 9.17) is 4.98 Å². The molecule has 2 aliphatic rings. The summed E-state index contributed by atoms with van der Waals surface area (Å²) in [6.07, 6.45) is 4.44. The van der Waals surface area contributed by atoms with E-state index < -0.39 is 43.0 Å². The molecule has 0 bridgehead atoms. The summed E-state index contributed by atoms with van der Waals surface area (Å²) in [6.45, 7) is 6.78. The van der Waals surface area contributed by atoms with Crippen LogP contribution in [0.4, 0.5) is 0 Å². The van der Waals surface area contributed by atoms with Crippen LogP contribution in [0.3, 0.4) is 0 Å². The fourth-order valence-corrected chi connectivity index (χ4v) is 9.73. The molecule has 2 N–H and O–H groups in total. The number of carbonyl (C=O) groups excluding carboxylic acids is 1. The molecule has 2 atom stereocenters. The Bertz CT molecular complexity index is 2250. The molecule has 3 aromatic heterocycles. The molecular weight excluding hydrogens is 641 g/mol. The molecule has 5 aromatic rings. The van der Waals surface area contributed by atoms with Gasteiger partial charge in [0.1, 0.15) is 5.82 Å². The van der Waals surface area contributed by atoms with Gasteiger partial charge in [0.2, 0.25) is 15.9 Å². The summed E-state index contributed by atoms with van der Waals surface area (Å²) in [5.41, 5.74) is 2.97. The van der Waals surface area contributed by atoms with Gasteiger partial charge in [-0.3, -0.25) is 9.20 Å². The maximum absolute atomic E-state index is 13.8. The standard InChI is InChI=1S/C33H36N6O6S2/c1-20-5-11-25(12-6-20)46(42,43)37-16-15-27-31(37)34-18-29-30(22-7-9-23(10-8-22)33(3,4)41)36-32(39(27)29)28-17-24(35-21(2)40)19-38(28)47(44,45)26-13-14-26/h5-12,15-16,18,24,26,28,41H,13-14,17,19H2,1-4H3,(H,35,40)/t24-,28+/m0/s1. The van der Waals surface area contributed by atoms with E-state index in [9.17, 15) is 26.7 Å². The van der Waals surface area contributed by atoms with E-state index in [1.165, 1.54) is 17.4 Å². The summed E-state index contributed by atoms with van der Waals surface area (Å²) >= 11 is 0. The van der Waals surface area contributed by atoms with E-state index in [2.05, 4.69) is 10.3 Å². The van der Waals surface area contributed by atoms with Crippen LogP contribution in [0.25, 0.3) is 27.9 Å². The zero-order valence-electron chi connectivity index (χ0n) is 26.5. The van der Waals surface area contributed by atoms with Crippen molar-refractivity contribution in [3.63, 3.8) is 0 Å². The maximum atomic E-state index is 13.8. The maximum Gasteiger partial charge on any atom is 0.269 e. The van der Waals surface area contributed by atoms with Gasteiger partial charge < -0.3 is 10.4 Å². The fourth-order valence-electron chi connectivity index (χ4n) is 6.40. The zero-order chi connectivity index (χ0) is 33.5. The Balaban J connectivity index is 1.45. The van der Waals surface area contributed by atoms with Crippen LogP contribution in [0.1, 0.15) is 63.0 Å². The Labute approximate surface area is 273 Å². The Kier molecular flexibility index (Phi) is 7.35. The van der Waals surface area contributed by atoms with Gasteiger partial charge >= 0.3 is 0 Å². The minimum Gasteiger partial charge on any atom is -0.386 e. The quantitative estimate of drug-likeness (QED) is 0.251. The third kappa shape index (κ3) is 5.42. The van der Waals surface area contributed by atoms with Crippen LogP contribution in [0, 0.1) is 6.92 Å². The number of hydrogen-bond acceptors (Lipinski definition) is 8. The highest BCUT2D eigenvalue weighted by molar-refractivity contribution is 7.90. The van der Waals surface area contributed by atoms with Crippen molar-refractivity contribution >= 4 is 42.6 Å². The van der Waals surface area contributed by atoms with Gasteiger partial charge in [-0.05, 0) is 63.8 Å². The van der Waals surface area contributed by atoms with Gasteiger partial charge in [-0.25, -0.2) is 30.8 Å². The number of benzene rings is 2. The van der Waals surface area contributed by atoms with Crippen LogP contribution in [0.5, 0.6) is 0 Å². The van der Waals surface area contributed by atoms with Crippen LogP contribution in [-0.4, -0.2) is 68.3 Å². The van der Waals surface area contributed by atoms with Crippen molar-refractivity contribution in [3.05, 3.63) is 83.9 Å². The first-order valence-corrected chi connectivity index (χ1v) is 18.4. The number of amides is 1. The number of hydrogen-bond donors (Lipinski definition) is 2. The van der Waals surface area contributed by atoms with Gasteiger partial charge in [0.25, 0.3) is 10.0 Å². The second-order valence-corrected chi connectivity index (χ2v) is 17.0. The molecule has 1 aliphatic carbocycles. The minimum atomic E-state index is -4.02. The summed E-state index contributed by atoms with van der Waals surface area (Å²) in [5.74, 6) is 0.140. The molecule has 14 heteroatoms.